The second-order valence-electron chi connectivity index (χ2n) is 7.79. The molecule has 0 saturated carbocycles. The van der Waals surface area contributed by atoms with Crippen LogP contribution in [0.4, 0.5) is 11.8 Å². The molecular formula is C23H24N8O. The third-order valence-corrected chi connectivity index (χ3v) is 5.65. The first-order valence-electron chi connectivity index (χ1n) is 10.6. The van der Waals surface area contributed by atoms with E-state index in [9.17, 15) is 4.79 Å². The Hall–Kier alpha value is -4.01. The summed E-state index contributed by atoms with van der Waals surface area (Å²) in [6, 6.07) is 13.2. The van der Waals surface area contributed by atoms with Crippen LogP contribution >= 0.6 is 0 Å². The summed E-state index contributed by atoms with van der Waals surface area (Å²) in [6.45, 7) is 5.04. The van der Waals surface area contributed by atoms with Crippen LogP contribution in [0, 0.1) is 6.92 Å². The minimum absolute atomic E-state index is 0.0758. The fraction of sp³-hybridized carbons (Fsp3) is 0.261. The lowest BCUT2D eigenvalue weighted by Crippen LogP contribution is -2.48. The van der Waals surface area contributed by atoms with Crippen molar-refractivity contribution < 1.29 is 0 Å². The maximum Gasteiger partial charge on any atom is 0.255 e. The first-order valence-corrected chi connectivity index (χ1v) is 10.6. The first kappa shape index (κ1) is 19.9. The van der Waals surface area contributed by atoms with E-state index in [1.807, 2.05) is 41.9 Å². The number of aryl methyl sites for hydroxylation is 1. The Morgan fingerprint density at radius 2 is 1.66 bits per heavy atom. The number of aromatic nitrogens is 6. The average Bonchev–Trinajstić information content (AvgIpc) is 3.23. The van der Waals surface area contributed by atoms with Crippen molar-refractivity contribution in [2.75, 3.05) is 36.0 Å². The summed E-state index contributed by atoms with van der Waals surface area (Å²) in [5.41, 5.74) is 2.42. The van der Waals surface area contributed by atoms with Crippen LogP contribution in [0.5, 0.6) is 0 Å². The Labute approximate surface area is 185 Å². The quantitative estimate of drug-likeness (QED) is 0.492. The van der Waals surface area contributed by atoms with E-state index < -0.39 is 0 Å². The molecule has 9 heteroatoms. The van der Waals surface area contributed by atoms with Crippen molar-refractivity contribution in [2.24, 2.45) is 7.05 Å². The summed E-state index contributed by atoms with van der Waals surface area (Å²) < 4.78 is 3.51. The van der Waals surface area contributed by atoms with Crippen molar-refractivity contribution in [3.63, 3.8) is 0 Å². The summed E-state index contributed by atoms with van der Waals surface area (Å²) in [5.74, 6) is 2.50. The molecule has 0 atom stereocenters. The summed E-state index contributed by atoms with van der Waals surface area (Å²) in [5, 5.41) is 4.64. The molecule has 1 fully saturated rings. The molecule has 9 nitrogen and oxygen atoms in total. The molecule has 32 heavy (non-hydrogen) atoms. The molecule has 0 spiro atoms. The molecule has 0 unspecified atom stereocenters. The molecule has 0 radical (unpaired) electrons. The van der Waals surface area contributed by atoms with E-state index in [0.717, 1.165) is 49.1 Å². The van der Waals surface area contributed by atoms with Crippen LogP contribution in [0.25, 0.3) is 17.1 Å². The smallest absolute Gasteiger partial charge is 0.255 e. The number of hydrogen-bond acceptors (Lipinski definition) is 7. The number of rotatable bonds is 4. The molecule has 0 bridgehead atoms. The lowest BCUT2D eigenvalue weighted by Gasteiger charge is -2.36. The van der Waals surface area contributed by atoms with Crippen LogP contribution in [0.1, 0.15) is 5.69 Å². The lowest BCUT2D eigenvalue weighted by molar-refractivity contribution is 0.609. The van der Waals surface area contributed by atoms with Gasteiger partial charge in [0.15, 0.2) is 5.82 Å². The van der Waals surface area contributed by atoms with Gasteiger partial charge in [-0.2, -0.15) is 9.78 Å². The second kappa shape index (κ2) is 8.26. The van der Waals surface area contributed by atoms with Crippen molar-refractivity contribution in [1.82, 2.24) is 29.3 Å². The SMILES string of the molecule is Cc1cc(N2CCN(c3nc(-c4ccncc4)cc(=O)n3C)CC2)n(-c2ccccn2)n1. The number of piperazine rings is 1. The minimum Gasteiger partial charge on any atom is -0.353 e. The van der Waals surface area contributed by atoms with Gasteiger partial charge < -0.3 is 9.80 Å². The molecular weight excluding hydrogens is 404 g/mol. The van der Waals surface area contributed by atoms with Crippen LogP contribution < -0.4 is 15.4 Å². The fourth-order valence-electron chi connectivity index (χ4n) is 3.97. The second-order valence-corrected chi connectivity index (χ2v) is 7.79. The highest BCUT2D eigenvalue weighted by Crippen LogP contribution is 2.24. The molecule has 4 aromatic rings. The Kier molecular flexibility index (Phi) is 5.14. The van der Waals surface area contributed by atoms with Gasteiger partial charge in [-0.25, -0.2) is 9.97 Å². The molecule has 1 saturated heterocycles. The Balaban J connectivity index is 1.40. The minimum atomic E-state index is -0.0758. The zero-order valence-corrected chi connectivity index (χ0v) is 18.1. The molecule has 0 aromatic carbocycles. The highest BCUT2D eigenvalue weighted by molar-refractivity contribution is 5.59. The topological polar surface area (TPSA) is 85.0 Å². The molecule has 5 rings (SSSR count). The van der Waals surface area contributed by atoms with E-state index in [1.165, 1.54) is 0 Å². The molecule has 162 valence electrons. The van der Waals surface area contributed by atoms with Crippen LogP contribution in [-0.2, 0) is 7.05 Å². The standard InChI is InChI=1S/C23H24N8O/c1-17-15-21(31(27-17)20-5-3-4-8-25-20)29-11-13-30(14-12-29)23-26-19(16-22(32)28(23)2)18-6-9-24-10-7-18/h3-10,15-16H,11-14H2,1-2H3. The largest absolute Gasteiger partial charge is 0.353 e. The first-order chi connectivity index (χ1) is 15.6. The van der Waals surface area contributed by atoms with E-state index in [-0.39, 0.29) is 5.56 Å². The zero-order chi connectivity index (χ0) is 22.1. The van der Waals surface area contributed by atoms with Gasteiger partial charge in [-0.05, 0) is 31.2 Å². The number of anilines is 2. The van der Waals surface area contributed by atoms with E-state index in [2.05, 4.69) is 30.9 Å². The van der Waals surface area contributed by atoms with Gasteiger partial charge in [0.2, 0.25) is 5.95 Å². The van der Waals surface area contributed by atoms with Crippen molar-refractivity contribution in [3.8, 4) is 17.1 Å². The van der Waals surface area contributed by atoms with Crippen LogP contribution in [-0.4, -0.2) is 55.5 Å². The highest BCUT2D eigenvalue weighted by atomic mass is 16.1. The van der Waals surface area contributed by atoms with Crippen LogP contribution in [0.2, 0.25) is 0 Å². The third-order valence-electron chi connectivity index (χ3n) is 5.65. The molecule has 0 N–H and O–H groups in total. The van der Waals surface area contributed by atoms with Gasteiger partial charge in [-0.1, -0.05) is 6.07 Å². The monoisotopic (exact) mass is 428 g/mol. The van der Waals surface area contributed by atoms with Gasteiger partial charge in [0.05, 0.1) is 11.4 Å². The van der Waals surface area contributed by atoms with E-state index in [0.29, 0.717) is 11.6 Å². The van der Waals surface area contributed by atoms with Gasteiger partial charge in [-0.15, -0.1) is 0 Å². The number of hydrogen-bond donors (Lipinski definition) is 0. The van der Waals surface area contributed by atoms with E-state index >= 15 is 0 Å². The van der Waals surface area contributed by atoms with E-state index in [1.54, 1.807) is 36.3 Å². The molecule has 1 aliphatic heterocycles. The molecule has 1 aliphatic rings. The fourth-order valence-corrected chi connectivity index (χ4v) is 3.97. The summed E-state index contributed by atoms with van der Waals surface area (Å²) >= 11 is 0. The summed E-state index contributed by atoms with van der Waals surface area (Å²) in [4.78, 5) is 30.4. The Bertz CT molecular complexity index is 1270. The number of nitrogens with zero attached hydrogens (tertiary/aromatic N) is 8. The van der Waals surface area contributed by atoms with Gasteiger partial charge in [-0.3, -0.25) is 14.3 Å². The average molecular weight is 429 g/mol. The Morgan fingerprint density at radius 1 is 0.906 bits per heavy atom. The van der Waals surface area contributed by atoms with Crippen molar-refractivity contribution in [2.45, 2.75) is 6.92 Å². The van der Waals surface area contributed by atoms with Gasteiger partial charge in [0.1, 0.15) is 5.82 Å². The maximum absolute atomic E-state index is 12.6. The summed E-state index contributed by atoms with van der Waals surface area (Å²) in [6.07, 6.45) is 5.19. The normalized spacial score (nSPS) is 14.1. The van der Waals surface area contributed by atoms with Crippen molar-refractivity contribution >= 4 is 11.8 Å². The molecule has 0 amide bonds. The molecule has 0 aliphatic carbocycles. The molecule has 5 heterocycles. The van der Waals surface area contributed by atoms with E-state index in [4.69, 9.17) is 4.98 Å². The van der Waals surface area contributed by atoms with Crippen molar-refractivity contribution in [3.05, 3.63) is 77.1 Å². The molecule has 4 aromatic heterocycles. The van der Waals surface area contributed by atoms with Gasteiger partial charge in [0, 0.05) is 69.5 Å². The predicted octanol–water partition coefficient (Wildman–Crippen LogP) is 2.06. The lowest BCUT2D eigenvalue weighted by atomic mass is 10.2. The third kappa shape index (κ3) is 3.73. The maximum atomic E-state index is 12.6. The highest BCUT2D eigenvalue weighted by Gasteiger charge is 2.24. The zero-order valence-electron chi connectivity index (χ0n) is 18.1. The summed E-state index contributed by atoms with van der Waals surface area (Å²) in [7, 11) is 1.77. The van der Waals surface area contributed by atoms with Crippen LogP contribution in [0.3, 0.4) is 0 Å². The Morgan fingerprint density at radius 3 is 2.38 bits per heavy atom. The predicted molar refractivity (Wildman–Crippen MR) is 123 cm³/mol. The van der Waals surface area contributed by atoms with Gasteiger partial charge >= 0.3 is 0 Å². The van der Waals surface area contributed by atoms with Crippen LogP contribution in [0.15, 0.2) is 65.8 Å². The number of pyridine rings is 2. The van der Waals surface area contributed by atoms with Gasteiger partial charge in [0.25, 0.3) is 5.56 Å². The van der Waals surface area contributed by atoms with Crippen molar-refractivity contribution in [1.29, 1.82) is 0 Å².